The molecule has 2 amide bonds. The number of ether oxygens (including phenoxy) is 2. The molecule has 0 unspecified atom stereocenters. The number of rotatable bonds is 8. The van der Waals surface area contributed by atoms with E-state index >= 15 is 0 Å². The van der Waals surface area contributed by atoms with Crippen LogP contribution in [0.4, 0.5) is 11.4 Å². The fourth-order valence-electron chi connectivity index (χ4n) is 4.02. The lowest BCUT2D eigenvalue weighted by Gasteiger charge is -2.18. The molecule has 0 aliphatic rings. The van der Waals surface area contributed by atoms with Crippen molar-refractivity contribution in [3.05, 3.63) is 130 Å². The number of amides is 2. The van der Waals surface area contributed by atoms with Gasteiger partial charge in [-0.15, -0.1) is 0 Å². The predicted molar refractivity (Wildman–Crippen MR) is 158 cm³/mol. The van der Waals surface area contributed by atoms with Crippen molar-refractivity contribution >= 4 is 47.3 Å². The van der Waals surface area contributed by atoms with Crippen molar-refractivity contribution in [3.63, 3.8) is 0 Å². The molecule has 0 saturated carbocycles. The summed E-state index contributed by atoms with van der Waals surface area (Å²) in [7, 11) is 4.19. The van der Waals surface area contributed by atoms with E-state index in [0.29, 0.717) is 28.1 Å². The van der Waals surface area contributed by atoms with Crippen LogP contribution in [-0.4, -0.2) is 45.0 Å². The molecule has 41 heavy (non-hydrogen) atoms. The minimum atomic E-state index is -0.578. The Labute approximate surface area is 237 Å². The van der Waals surface area contributed by atoms with E-state index in [9.17, 15) is 19.2 Å². The molecule has 4 aromatic carbocycles. The third kappa shape index (κ3) is 6.93. The Morgan fingerprint density at radius 1 is 0.659 bits per heavy atom. The molecule has 0 aromatic heterocycles. The van der Waals surface area contributed by atoms with Crippen molar-refractivity contribution in [2.24, 2.45) is 0 Å². The van der Waals surface area contributed by atoms with Crippen molar-refractivity contribution in [1.29, 1.82) is 0 Å². The van der Waals surface area contributed by atoms with E-state index < -0.39 is 17.8 Å². The van der Waals surface area contributed by atoms with Gasteiger partial charge in [0.05, 0.1) is 31.0 Å². The fourth-order valence-corrected chi connectivity index (χ4v) is 4.02. The van der Waals surface area contributed by atoms with Crippen molar-refractivity contribution in [3.8, 4) is 0 Å². The van der Waals surface area contributed by atoms with Gasteiger partial charge >= 0.3 is 11.9 Å². The number of esters is 2. The Bertz CT molecular complexity index is 1590. The van der Waals surface area contributed by atoms with Gasteiger partial charge in [-0.2, -0.15) is 0 Å². The van der Waals surface area contributed by atoms with E-state index in [4.69, 9.17) is 4.74 Å². The minimum Gasteiger partial charge on any atom is -0.465 e. The SMILES string of the molecule is COC(=O)c1ccc(C(=O)N(C)c2ccc(C(=O)Nc3ccc(/C=C/c4ccccc4)cc3C(=O)OC)cc2)cc1. The van der Waals surface area contributed by atoms with E-state index in [-0.39, 0.29) is 11.5 Å². The number of hydrogen-bond donors (Lipinski definition) is 1. The molecular formula is C33H28N2O6. The van der Waals surface area contributed by atoms with Gasteiger partial charge in [-0.1, -0.05) is 48.6 Å². The van der Waals surface area contributed by atoms with E-state index in [2.05, 4.69) is 10.1 Å². The summed E-state index contributed by atoms with van der Waals surface area (Å²) >= 11 is 0. The lowest BCUT2D eigenvalue weighted by Crippen LogP contribution is -2.26. The number of benzene rings is 4. The zero-order valence-corrected chi connectivity index (χ0v) is 22.8. The van der Waals surface area contributed by atoms with Gasteiger partial charge in [0.2, 0.25) is 0 Å². The second-order valence-corrected chi connectivity index (χ2v) is 8.97. The molecule has 0 bridgehead atoms. The van der Waals surface area contributed by atoms with Crippen LogP contribution in [0.2, 0.25) is 0 Å². The number of hydrogen-bond acceptors (Lipinski definition) is 6. The molecule has 0 aliphatic heterocycles. The number of carbonyl (C=O) groups excluding carboxylic acids is 4. The zero-order valence-electron chi connectivity index (χ0n) is 22.8. The normalized spacial score (nSPS) is 10.6. The first-order valence-electron chi connectivity index (χ1n) is 12.6. The van der Waals surface area contributed by atoms with Crippen LogP contribution in [0.3, 0.4) is 0 Å². The van der Waals surface area contributed by atoms with Crippen molar-refractivity contribution < 1.29 is 28.7 Å². The maximum absolute atomic E-state index is 13.0. The van der Waals surface area contributed by atoms with E-state index in [1.807, 2.05) is 42.5 Å². The van der Waals surface area contributed by atoms with Gasteiger partial charge in [0.1, 0.15) is 0 Å². The highest BCUT2D eigenvalue weighted by atomic mass is 16.5. The van der Waals surface area contributed by atoms with Gasteiger partial charge in [-0.05, 0) is 71.8 Å². The van der Waals surface area contributed by atoms with Crippen molar-refractivity contribution in [2.45, 2.75) is 0 Å². The number of nitrogens with zero attached hydrogens (tertiary/aromatic N) is 1. The molecule has 4 aromatic rings. The van der Waals surface area contributed by atoms with E-state index in [1.165, 1.54) is 31.3 Å². The maximum atomic E-state index is 13.0. The molecule has 0 atom stereocenters. The first-order chi connectivity index (χ1) is 19.8. The first-order valence-corrected chi connectivity index (χ1v) is 12.6. The van der Waals surface area contributed by atoms with Gasteiger partial charge in [0, 0.05) is 23.9 Å². The average molecular weight is 549 g/mol. The summed E-state index contributed by atoms with van der Waals surface area (Å²) in [6.07, 6.45) is 3.80. The van der Waals surface area contributed by atoms with Crippen LogP contribution in [0.5, 0.6) is 0 Å². The quantitative estimate of drug-likeness (QED) is 0.215. The van der Waals surface area contributed by atoms with Crippen LogP contribution in [-0.2, 0) is 9.47 Å². The first kappa shape index (κ1) is 28.5. The largest absolute Gasteiger partial charge is 0.465 e. The maximum Gasteiger partial charge on any atom is 0.339 e. The standard InChI is InChI=1S/C33H28N2O6/c1-35(31(37)25-12-14-26(15-13-25)32(38)40-2)27-18-16-24(17-19-27)30(36)34-29-20-11-23(21-28(29)33(39)41-3)10-9-22-7-5-4-6-8-22/h4-21H,1-3H3,(H,34,36)/b10-9+. The summed E-state index contributed by atoms with van der Waals surface area (Å²) < 4.78 is 9.62. The van der Waals surface area contributed by atoms with E-state index in [1.54, 1.807) is 61.6 Å². The van der Waals surface area contributed by atoms with Crippen molar-refractivity contribution in [1.82, 2.24) is 0 Å². The molecular weight excluding hydrogens is 520 g/mol. The third-order valence-electron chi connectivity index (χ3n) is 6.34. The molecule has 0 radical (unpaired) electrons. The molecule has 8 nitrogen and oxygen atoms in total. The van der Waals surface area contributed by atoms with E-state index in [0.717, 1.165) is 11.1 Å². The molecule has 0 spiro atoms. The van der Waals surface area contributed by atoms with Gasteiger partial charge in [-0.25, -0.2) is 9.59 Å². The van der Waals surface area contributed by atoms with Crippen LogP contribution in [0.15, 0.2) is 97.1 Å². The number of methoxy groups -OCH3 is 2. The average Bonchev–Trinajstić information content (AvgIpc) is 3.03. The van der Waals surface area contributed by atoms with Crippen LogP contribution >= 0.6 is 0 Å². The molecule has 0 heterocycles. The second kappa shape index (κ2) is 13.0. The van der Waals surface area contributed by atoms with Crippen LogP contribution in [0, 0.1) is 0 Å². The summed E-state index contributed by atoms with van der Waals surface area (Å²) in [5, 5.41) is 2.78. The lowest BCUT2D eigenvalue weighted by molar-refractivity contribution is 0.0592. The monoisotopic (exact) mass is 548 g/mol. The Kier molecular flexibility index (Phi) is 9.06. The topological polar surface area (TPSA) is 102 Å². The van der Waals surface area contributed by atoms with Crippen molar-refractivity contribution in [2.75, 3.05) is 31.5 Å². The van der Waals surface area contributed by atoms with Gasteiger partial charge in [-0.3, -0.25) is 9.59 Å². The van der Waals surface area contributed by atoms with Crippen LogP contribution in [0.1, 0.15) is 52.6 Å². The van der Waals surface area contributed by atoms with Gasteiger partial charge in [0.25, 0.3) is 11.8 Å². The summed E-state index contributed by atoms with van der Waals surface area (Å²) in [4.78, 5) is 51.5. The molecule has 206 valence electrons. The number of anilines is 2. The highest BCUT2D eigenvalue weighted by Crippen LogP contribution is 2.23. The molecule has 8 heteroatoms. The van der Waals surface area contributed by atoms with Crippen LogP contribution in [0.25, 0.3) is 12.2 Å². The Morgan fingerprint density at radius 3 is 1.88 bits per heavy atom. The summed E-state index contributed by atoms with van der Waals surface area (Å²) in [6.45, 7) is 0. The van der Waals surface area contributed by atoms with Gasteiger partial charge < -0.3 is 19.7 Å². The summed E-state index contributed by atoms with van der Waals surface area (Å²) in [5.41, 5.74) is 3.94. The second-order valence-electron chi connectivity index (χ2n) is 8.97. The Hall–Kier alpha value is -5.50. The highest BCUT2D eigenvalue weighted by molar-refractivity contribution is 6.09. The molecule has 4 rings (SSSR count). The summed E-state index contributed by atoms with van der Waals surface area (Å²) in [5.74, 6) is -1.78. The zero-order chi connectivity index (χ0) is 29.4. The highest BCUT2D eigenvalue weighted by Gasteiger charge is 2.18. The fraction of sp³-hybridized carbons (Fsp3) is 0.0909. The summed E-state index contributed by atoms with van der Waals surface area (Å²) in [6, 6.07) is 27.5. The number of nitrogens with one attached hydrogen (secondary N) is 1. The Balaban J connectivity index is 1.47. The molecule has 1 N–H and O–H groups in total. The van der Waals surface area contributed by atoms with Crippen LogP contribution < -0.4 is 10.2 Å². The lowest BCUT2D eigenvalue weighted by atomic mass is 10.1. The predicted octanol–water partition coefficient (Wildman–Crippen LogP) is 5.96. The third-order valence-corrected chi connectivity index (χ3v) is 6.34. The molecule has 0 fully saturated rings. The smallest absolute Gasteiger partial charge is 0.339 e. The number of carbonyl (C=O) groups is 4. The van der Waals surface area contributed by atoms with Gasteiger partial charge in [0.15, 0.2) is 0 Å². The Morgan fingerprint density at radius 2 is 1.24 bits per heavy atom. The molecule has 0 aliphatic carbocycles. The minimum absolute atomic E-state index is 0.219. The molecule has 0 saturated heterocycles.